The molecule has 2 aromatic rings. The molecular formula is C15H18N4O2. The number of aromatic nitrogens is 1. The first-order chi connectivity index (χ1) is 10.1. The first-order valence-electron chi connectivity index (χ1n) is 6.93. The first kappa shape index (κ1) is 13.6. The number of aryl methyl sites for hydroxylation is 1. The SMILES string of the molecule is Cc1cc(NC(=O)CN2CC(N)Cc3ccccc32)no1. The van der Waals surface area contributed by atoms with Crippen molar-refractivity contribution in [2.75, 3.05) is 23.3 Å². The van der Waals surface area contributed by atoms with Crippen LogP contribution in [0.15, 0.2) is 34.9 Å². The monoisotopic (exact) mass is 286 g/mol. The molecule has 1 atom stereocenters. The standard InChI is InChI=1S/C15H18N4O2/c1-10-6-14(18-21-10)17-15(20)9-19-8-12(16)7-11-4-2-3-5-13(11)19/h2-6,12H,7-9,16H2,1H3,(H,17,18,20). The third kappa shape index (κ3) is 3.05. The predicted molar refractivity (Wildman–Crippen MR) is 80.2 cm³/mol. The van der Waals surface area contributed by atoms with E-state index < -0.39 is 0 Å². The first-order valence-corrected chi connectivity index (χ1v) is 6.93. The second-order valence-corrected chi connectivity index (χ2v) is 5.34. The molecule has 3 N–H and O–H groups in total. The molecule has 0 radical (unpaired) electrons. The van der Waals surface area contributed by atoms with Crippen LogP contribution >= 0.6 is 0 Å². The number of hydrogen-bond donors (Lipinski definition) is 2. The van der Waals surface area contributed by atoms with E-state index in [0.717, 1.165) is 12.1 Å². The van der Waals surface area contributed by atoms with Gasteiger partial charge >= 0.3 is 0 Å². The van der Waals surface area contributed by atoms with Crippen molar-refractivity contribution in [1.29, 1.82) is 0 Å². The van der Waals surface area contributed by atoms with Gasteiger partial charge in [-0.3, -0.25) is 4.79 Å². The maximum Gasteiger partial charge on any atom is 0.245 e. The Hall–Kier alpha value is -2.34. The zero-order valence-corrected chi connectivity index (χ0v) is 11.9. The third-order valence-corrected chi connectivity index (χ3v) is 3.50. The molecule has 1 aromatic heterocycles. The maximum absolute atomic E-state index is 12.1. The molecule has 2 heterocycles. The lowest BCUT2D eigenvalue weighted by Gasteiger charge is -2.34. The van der Waals surface area contributed by atoms with Crippen molar-refractivity contribution in [2.45, 2.75) is 19.4 Å². The average Bonchev–Trinajstić information content (AvgIpc) is 2.83. The van der Waals surface area contributed by atoms with Gasteiger partial charge in [0, 0.05) is 24.3 Å². The van der Waals surface area contributed by atoms with Gasteiger partial charge in [-0.2, -0.15) is 0 Å². The zero-order chi connectivity index (χ0) is 14.8. The molecule has 0 saturated heterocycles. The summed E-state index contributed by atoms with van der Waals surface area (Å²) >= 11 is 0. The van der Waals surface area contributed by atoms with Gasteiger partial charge in [0.2, 0.25) is 5.91 Å². The van der Waals surface area contributed by atoms with E-state index in [-0.39, 0.29) is 18.5 Å². The molecule has 6 heteroatoms. The number of hydrogen-bond acceptors (Lipinski definition) is 5. The van der Waals surface area contributed by atoms with Crippen LogP contribution in [0.5, 0.6) is 0 Å². The van der Waals surface area contributed by atoms with Gasteiger partial charge in [-0.05, 0) is 25.0 Å². The summed E-state index contributed by atoms with van der Waals surface area (Å²) < 4.78 is 4.93. The molecule has 3 rings (SSSR count). The summed E-state index contributed by atoms with van der Waals surface area (Å²) in [4.78, 5) is 14.1. The van der Waals surface area contributed by atoms with Crippen molar-refractivity contribution in [3.8, 4) is 0 Å². The molecule has 0 fully saturated rings. The van der Waals surface area contributed by atoms with E-state index in [1.54, 1.807) is 13.0 Å². The second kappa shape index (κ2) is 5.57. The lowest BCUT2D eigenvalue weighted by atomic mass is 9.98. The highest BCUT2D eigenvalue weighted by Gasteiger charge is 2.23. The maximum atomic E-state index is 12.1. The average molecular weight is 286 g/mol. The summed E-state index contributed by atoms with van der Waals surface area (Å²) in [5.74, 6) is 0.968. The Morgan fingerprint density at radius 1 is 1.52 bits per heavy atom. The van der Waals surface area contributed by atoms with Gasteiger partial charge in [0.05, 0.1) is 6.54 Å². The largest absolute Gasteiger partial charge is 0.360 e. The van der Waals surface area contributed by atoms with E-state index >= 15 is 0 Å². The lowest BCUT2D eigenvalue weighted by molar-refractivity contribution is -0.115. The van der Waals surface area contributed by atoms with E-state index in [1.807, 2.05) is 23.1 Å². The van der Waals surface area contributed by atoms with Crippen LogP contribution in [0.1, 0.15) is 11.3 Å². The van der Waals surface area contributed by atoms with E-state index in [0.29, 0.717) is 18.1 Å². The number of benzene rings is 1. The fourth-order valence-corrected chi connectivity index (χ4v) is 2.65. The van der Waals surface area contributed by atoms with Crippen LogP contribution in [0, 0.1) is 6.92 Å². The Morgan fingerprint density at radius 3 is 3.10 bits per heavy atom. The van der Waals surface area contributed by atoms with Crippen LogP contribution < -0.4 is 16.0 Å². The van der Waals surface area contributed by atoms with Crippen LogP contribution in [-0.4, -0.2) is 30.2 Å². The normalized spacial score (nSPS) is 17.4. The molecule has 6 nitrogen and oxygen atoms in total. The molecule has 0 bridgehead atoms. The van der Waals surface area contributed by atoms with Crippen LogP contribution in [0.4, 0.5) is 11.5 Å². The quantitative estimate of drug-likeness (QED) is 0.888. The number of nitrogens with two attached hydrogens (primary N) is 1. The van der Waals surface area contributed by atoms with Crippen molar-refractivity contribution < 1.29 is 9.32 Å². The highest BCUT2D eigenvalue weighted by molar-refractivity contribution is 5.93. The van der Waals surface area contributed by atoms with Gasteiger partial charge in [0.1, 0.15) is 5.76 Å². The molecule has 1 aliphatic heterocycles. The number of para-hydroxylation sites is 1. The van der Waals surface area contributed by atoms with Crippen molar-refractivity contribution in [3.63, 3.8) is 0 Å². The van der Waals surface area contributed by atoms with Crippen LogP contribution in [0.2, 0.25) is 0 Å². The van der Waals surface area contributed by atoms with Crippen molar-refractivity contribution in [3.05, 3.63) is 41.7 Å². The topological polar surface area (TPSA) is 84.4 Å². The van der Waals surface area contributed by atoms with Gasteiger partial charge in [-0.1, -0.05) is 23.4 Å². The number of nitrogens with zero attached hydrogens (tertiary/aromatic N) is 2. The second-order valence-electron chi connectivity index (χ2n) is 5.34. The van der Waals surface area contributed by atoms with Crippen LogP contribution in [-0.2, 0) is 11.2 Å². The molecule has 0 spiro atoms. The molecule has 21 heavy (non-hydrogen) atoms. The molecule has 1 aliphatic rings. The van der Waals surface area contributed by atoms with Gasteiger partial charge in [-0.15, -0.1) is 0 Å². The van der Waals surface area contributed by atoms with Gasteiger partial charge in [0.25, 0.3) is 0 Å². The number of anilines is 2. The van der Waals surface area contributed by atoms with Gasteiger partial charge in [0.15, 0.2) is 5.82 Å². The highest BCUT2D eigenvalue weighted by atomic mass is 16.5. The van der Waals surface area contributed by atoms with Gasteiger partial charge in [-0.25, -0.2) is 0 Å². The Labute approximate surface area is 122 Å². The summed E-state index contributed by atoms with van der Waals surface area (Å²) in [6.07, 6.45) is 0.844. The molecule has 1 unspecified atom stereocenters. The molecule has 0 saturated carbocycles. The minimum atomic E-state index is -0.132. The van der Waals surface area contributed by atoms with E-state index in [2.05, 4.69) is 16.5 Å². The molecule has 110 valence electrons. The highest BCUT2D eigenvalue weighted by Crippen LogP contribution is 2.26. The third-order valence-electron chi connectivity index (χ3n) is 3.50. The smallest absolute Gasteiger partial charge is 0.245 e. The predicted octanol–water partition coefficient (Wildman–Crippen LogP) is 1.31. The van der Waals surface area contributed by atoms with Crippen molar-refractivity contribution in [1.82, 2.24) is 5.16 Å². The minimum absolute atomic E-state index is 0.0435. The van der Waals surface area contributed by atoms with Crippen molar-refractivity contribution in [2.24, 2.45) is 5.73 Å². The molecular weight excluding hydrogens is 268 g/mol. The fraction of sp³-hybridized carbons (Fsp3) is 0.333. The summed E-state index contributed by atoms with van der Waals surface area (Å²) in [5, 5.41) is 6.49. The number of fused-ring (bicyclic) bond motifs is 1. The Balaban J connectivity index is 1.71. The molecule has 0 aliphatic carbocycles. The Kier molecular flexibility index (Phi) is 3.62. The molecule has 1 aromatic carbocycles. The van der Waals surface area contributed by atoms with E-state index in [1.165, 1.54) is 5.56 Å². The Morgan fingerprint density at radius 2 is 2.33 bits per heavy atom. The van der Waals surface area contributed by atoms with Crippen molar-refractivity contribution >= 4 is 17.4 Å². The fourth-order valence-electron chi connectivity index (χ4n) is 2.65. The number of nitrogens with one attached hydrogen (secondary N) is 1. The number of carbonyl (C=O) groups excluding carboxylic acids is 1. The number of rotatable bonds is 3. The summed E-state index contributed by atoms with van der Waals surface area (Å²) in [7, 11) is 0. The lowest BCUT2D eigenvalue weighted by Crippen LogP contribution is -2.46. The minimum Gasteiger partial charge on any atom is -0.360 e. The number of carbonyl (C=O) groups is 1. The summed E-state index contributed by atoms with van der Waals surface area (Å²) in [6, 6.07) is 9.78. The summed E-state index contributed by atoms with van der Waals surface area (Å²) in [6.45, 7) is 2.70. The van der Waals surface area contributed by atoms with E-state index in [9.17, 15) is 4.79 Å². The Bertz CT molecular complexity index is 653. The molecule has 1 amide bonds. The number of amides is 1. The summed E-state index contributed by atoms with van der Waals surface area (Å²) in [5.41, 5.74) is 8.33. The van der Waals surface area contributed by atoms with Crippen LogP contribution in [0.25, 0.3) is 0 Å². The van der Waals surface area contributed by atoms with Crippen LogP contribution in [0.3, 0.4) is 0 Å². The van der Waals surface area contributed by atoms with Gasteiger partial charge < -0.3 is 20.5 Å². The zero-order valence-electron chi connectivity index (χ0n) is 11.9. The van der Waals surface area contributed by atoms with E-state index in [4.69, 9.17) is 10.3 Å².